The van der Waals surface area contributed by atoms with E-state index < -0.39 is 0 Å². The first-order chi connectivity index (χ1) is 7.19. The Kier molecular flexibility index (Phi) is 4.30. The summed E-state index contributed by atoms with van der Waals surface area (Å²) in [7, 11) is 1.59. The SMILES string of the molecule is CCC(=O)N(CCOC)c1nc(C)co1. The van der Waals surface area contributed by atoms with E-state index in [1.54, 1.807) is 14.0 Å². The molecule has 84 valence electrons. The fourth-order valence-electron chi connectivity index (χ4n) is 1.17. The minimum atomic E-state index is -0.0195. The molecule has 0 fully saturated rings. The van der Waals surface area contributed by atoms with Crippen LogP contribution in [0.25, 0.3) is 0 Å². The maximum absolute atomic E-state index is 11.6. The zero-order valence-corrected chi connectivity index (χ0v) is 9.32. The summed E-state index contributed by atoms with van der Waals surface area (Å²) in [5.74, 6) is -0.0195. The molecule has 1 amide bonds. The van der Waals surface area contributed by atoms with Crippen LogP contribution in [0.3, 0.4) is 0 Å². The molecule has 15 heavy (non-hydrogen) atoms. The summed E-state index contributed by atoms with van der Waals surface area (Å²) < 4.78 is 10.1. The Bertz CT molecular complexity index is 322. The fourth-order valence-corrected chi connectivity index (χ4v) is 1.17. The van der Waals surface area contributed by atoms with Gasteiger partial charge in [0.1, 0.15) is 6.26 Å². The summed E-state index contributed by atoms with van der Waals surface area (Å²) >= 11 is 0. The van der Waals surface area contributed by atoms with Crippen LogP contribution in [-0.4, -0.2) is 31.2 Å². The van der Waals surface area contributed by atoms with Crippen molar-refractivity contribution in [2.75, 3.05) is 25.2 Å². The van der Waals surface area contributed by atoms with Crippen molar-refractivity contribution in [2.24, 2.45) is 0 Å². The Hall–Kier alpha value is -1.36. The molecule has 0 unspecified atom stereocenters. The van der Waals surface area contributed by atoms with Crippen LogP contribution in [0.2, 0.25) is 0 Å². The highest BCUT2D eigenvalue weighted by atomic mass is 16.5. The average Bonchev–Trinajstić information content (AvgIpc) is 2.65. The minimum Gasteiger partial charge on any atom is -0.431 e. The number of hydrogen-bond acceptors (Lipinski definition) is 4. The molecule has 0 radical (unpaired) electrons. The lowest BCUT2D eigenvalue weighted by Crippen LogP contribution is -2.33. The predicted octanol–water partition coefficient (Wildman–Crippen LogP) is 1.37. The molecule has 0 spiro atoms. The number of ether oxygens (including phenoxy) is 1. The topological polar surface area (TPSA) is 55.6 Å². The van der Waals surface area contributed by atoms with Crippen molar-refractivity contribution in [1.29, 1.82) is 0 Å². The second-order valence-corrected chi connectivity index (χ2v) is 3.16. The second kappa shape index (κ2) is 5.50. The van der Waals surface area contributed by atoms with Crippen LogP contribution < -0.4 is 4.90 Å². The number of hydrogen-bond donors (Lipinski definition) is 0. The Morgan fingerprint density at radius 3 is 2.87 bits per heavy atom. The van der Waals surface area contributed by atoms with E-state index in [9.17, 15) is 4.79 Å². The molecule has 1 heterocycles. The highest BCUT2D eigenvalue weighted by Crippen LogP contribution is 2.13. The number of methoxy groups -OCH3 is 1. The fraction of sp³-hybridized carbons (Fsp3) is 0.600. The Morgan fingerprint density at radius 2 is 2.40 bits per heavy atom. The number of oxazole rings is 1. The van der Waals surface area contributed by atoms with Gasteiger partial charge in [0.25, 0.3) is 0 Å². The van der Waals surface area contributed by atoms with E-state index in [-0.39, 0.29) is 5.91 Å². The molecule has 0 aliphatic carbocycles. The smallest absolute Gasteiger partial charge is 0.304 e. The van der Waals surface area contributed by atoms with Crippen LogP contribution in [0.1, 0.15) is 19.0 Å². The Morgan fingerprint density at radius 1 is 1.67 bits per heavy atom. The van der Waals surface area contributed by atoms with Gasteiger partial charge in [-0.05, 0) is 6.92 Å². The molecule has 0 aliphatic rings. The van der Waals surface area contributed by atoms with Crippen LogP contribution in [0.5, 0.6) is 0 Å². The monoisotopic (exact) mass is 212 g/mol. The average molecular weight is 212 g/mol. The number of aromatic nitrogens is 1. The maximum Gasteiger partial charge on any atom is 0.304 e. The molecule has 5 nitrogen and oxygen atoms in total. The lowest BCUT2D eigenvalue weighted by atomic mass is 10.4. The molecule has 0 bridgehead atoms. The van der Waals surface area contributed by atoms with E-state index in [0.29, 0.717) is 25.6 Å². The molecular weight excluding hydrogens is 196 g/mol. The molecule has 0 aliphatic heterocycles. The third kappa shape index (κ3) is 3.06. The van der Waals surface area contributed by atoms with Crippen molar-refractivity contribution in [3.05, 3.63) is 12.0 Å². The molecule has 0 saturated heterocycles. The van der Waals surface area contributed by atoms with Gasteiger partial charge in [-0.2, -0.15) is 4.98 Å². The standard InChI is InChI=1S/C10H16N2O3/c1-4-9(13)12(5-6-14-3)10-11-8(2)7-15-10/h7H,4-6H2,1-3H3. The largest absolute Gasteiger partial charge is 0.431 e. The molecule has 0 aromatic carbocycles. The van der Waals surface area contributed by atoms with Gasteiger partial charge in [-0.3, -0.25) is 9.69 Å². The summed E-state index contributed by atoms with van der Waals surface area (Å²) in [5.41, 5.74) is 0.760. The van der Waals surface area contributed by atoms with Gasteiger partial charge in [0.15, 0.2) is 0 Å². The zero-order valence-electron chi connectivity index (χ0n) is 9.32. The van der Waals surface area contributed by atoms with Gasteiger partial charge in [-0.15, -0.1) is 0 Å². The number of amides is 1. The third-order valence-corrected chi connectivity index (χ3v) is 1.96. The molecule has 0 saturated carbocycles. The summed E-state index contributed by atoms with van der Waals surface area (Å²) in [4.78, 5) is 17.2. The Labute approximate surface area is 89.0 Å². The van der Waals surface area contributed by atoms with E-state index in [1.165, 1.54) is 11.2 Å². The van der Waals surface area contributed by atoms with Crippen LogP contribution in [0.4, 0.5) is 6.01 Å². The highest BCUT2D eigenvalue weighted by Gasteiger charge is 2.18. The number of anilines is 1. The van der Waals surface area contributed by atoms with E-state index in [2.05, 4.69) is 4.98 Å². The molecule has 0 N–H and O–H groups in total. The van der Waals surface area contributed by atoms with E-state index in [0.717, 1.165) is 5.69 Å². The van der Waals surface area contributed by atoms with Gasteiger partial charge in [0.05, 0.1) is 18.8 Å². The third-order valence-electron chi connectivity index (χ3n) is 1.96. The maximum atomic E-state index is 11.6. The van der Waals surface area contributed by atoms with Gasteiger partial charge in [-0.1, -0.05) is 6.92 Å². The summed E-state index contributed by atoms with van der Waals surface area (Å²) in [5, 5.41) is 0. The van der Waals surface area contributed by atoms with Crippen LogP contribution in [0, 0.1) is 6.92 Å². The Balaban J connectivity index is 2.76. The molecule has 0 atom stereocenters. The van der Waals surface area contributed by atoms with Crippen molar-refractivity contribution in [2.45, 2.75) is 20.3 Å². The van der Waals surface area contributed by atoms with Crippen molar-refractivity contribution < 1.29 is 13.9 Å². The number of carbonyl (C=O) groups excluding carboxylic acids is 1. The second-order valence-electron chi connectivity index (χ2n) is 3.16. The van der Waals surface area contributed by atoms with Gasteiger partial charge in [0, 0.05) is 13.5 Å². The van der Waals surface area contributed by atoms with Crippen LogP contribution in [0.15, 0.2) is 10.7 Å². The van der Waals surface area contributed by atoms with Gasteiger partial charge in [-0.25, -0.2) is 0 Å². The number of nitrogens with zero attached hydrogens (tertiary/aromatic N) is 2. The summed E-state index contributed by atoms with van der Waals surface area (Å²) in [6.07, 6.45) is 1.95. The van der Waals surface area contributed by atoms with E-state index in [1.807, 2.05) is 6.92 Å². The first-order valence-corrected chi connectivity index (χ1v) is 4.90. The minimum absolute atomic E-state index is 0.0195. The summed E-state index contributed by atoms with van der Waals surface area (Å²) in [6.45, 7) is 4.55. The van der Waals surface area contributed by atoms with Gasteiger partial charge >= 0.3 is 6.01 Å². The molecular formula is C10H16N2O3. The van der Waals surface area contributed by atoms with Crippen molar-refractivity contribution >= 4 is 11.9 Å². The lowest BCUT2D eigenvalue weighted by Gasteiger charge is -2.16. The van der Waals surface area contributed by atoms with E-state index >= 15 is 0 Å². The first kappa shape index (κ1) is 11.7. The highest BCUT2D eigenvalue weighted by molar-refractivity contribution is 5.90. The van der Waals surface area contributed by atoms with Crippen molar-refractivity contribution in [3.8, 4) is 0 Å². The normalized spacial score (nSPS) is 10.3. The summed E-state index contributed by atoms with van der Waals surface area (Å²) in [6, 6.07) is 0.344. The van der Waals surface area contributed by atoms with E-state index in [4.69, 9.17) is 9.15 Å². The quantitative estimate of drug-likeness (QED) is 0.739. The first-order valence-electron chi connectivity index (χ1n) is 4.90. The van der Waals surface area contributed by atoms with Crippen molar-refractivity contribution in [3.63, 3.8) is 0 Å². The van der Waals surface area contributed by atoms with Crippen LogP contribution >= 0.6 is 0 Å². The zero-order chi connectivity index (χ0) is 11.3. The van der Waals surface area contributed by atoms with Crippen molar-refractivity contribution in [1.82, 2.24) is 4.98 Å². The predicted molar refractivity (Wildman–Crippen MR) is 55.8 cm³/mol. The number of aryl methyl sites for hydroxylation is 1. The molecule has 1 rings (SSSR count). The van der Waals surface area contributed by atoms with Crippen LogP contribution in [-0.2, 0) is 9.53 Å². The van der Waals surface area contributed by atoms with Gasteiger partial charge < -0.3 is 9.15 Å². The molecule has 1 aromatic rings. The number of rotatable bonds is 5. The molecule has 1 aromatic heterocycles. The number of carbonyl (C=O) groups is 1. The lowest BCUT2D eigenvalue weighted by molar-refractivity contribution is -0.118. The van der Waals surface area contributed by atoms with Gasteiger partial charge in [0.2, 0.25) is 5.91 Å². The molecule has 5 heteroatoms.